The number of carbonyl (C=O) groups is 1. The van der Waals surface area contributed by atoms with Crippen molar-refractivity contribution in [3.8, 4) is 0 Å². The smallest absolute Gasteiger partial charge is 0.317 e. The van der Waals surface area contributed by atoms with Crippen LogP contribution >= 0.6 is 11.3 Å². The van der Waals surface area contributed by atoms with Crippen LogP contribution in [0.3, 0.4) is 0 Å². The number of thiazole rings is 1. The molecule has 3 unspecified atom stereocenters. The molecule has 1 aromatic heterocycles. The predicted octanol–water partition coefficient (Wildman–Crippen LogP) is 3.10. The van der Waals surface area contributed by atoms with E-state index < -0.39 is 5.60 Å². The average molecular weight is 337 g/mol. The second-order valence-corrected chi connectivity index (χ2v) is 7.88. The Balaban J connectivity index is 1.58. The molecule has 2 heterocycles. The summed E-state index contributed by atoms with van der Waals surface area (Å²) >= 11 is 1.65. The normalized spacial score (nSPS) is 29.0. The standard InChI is InChI=1S/C17H27N3O2S/c1-3-15-19-14(11-23-15)12(2)18-16(21)20-9-8-17(22)7-5-4-6-13(17)10-20/h11-13,22H,3-10H2,1-2H3,(H,18,21). The zero-order valence-electron chi connectivity index (χ0n) is 14.0. The molecule has 3 rings (SSSR count). The topological polar surface area (TPSA) is 65.5 Å². The van der Waals surface area contributed by atoms with Crippen molar-refractivity contribution in [2.45, 2.75) is 64.0 Å². The Morgan fingerprint density at radius 3 is 3.13 bits per heavy atom. The number of carbonyl (C=O) groups excluding carboxylic acids is 1. The van der Waals surface area contributed by atoms with Crippen molar-refractivity contribution in [2.75, 3.05) is 13.1 Å². The largest absolute Gasteiger partial charge is 0.389 e. The summed E-state index contributed by atoms with van der Waals surface area (Å²) in [6.07, 6.45) is 5.83. The number of urea groups is 1. The van der Waals surface area contributed by atoms with Gasteiger partial charge in [0.15, 0.2) is 0 Å². The van der Waals surface area contributed by atoms with Crippen LogP contribution < -0.4 is 5.32 Å². The summed E-state index contributed by atoms with van der Waals surface area (Å²) in [7, 11) is 0. The SMILES string of the molecule is CCc1nc(C(C)NC(=O)N2CCC3(O)CCCCC3C2)cs1. The van der Waals surface area contributed by atoms with Crippen molar-refractivity contribution in [1.82, 2.24) is 15.2 Å². The maximum Gasteiger partial charge on any atom is 0.317 e. The van der Waals surface area contributed by atoms with E-state index >= 15 is 0 Å². The van der Waals surface area contributed by atoms with Crippen molar-refractivity contribution < 1.29 is 9.90 Å². The Bertz CT molecular complexity index is 562. The number of nitrogens with one attached hydrogen (secondary N) is 1. The Labute approximate surface area is 142 Å². The van der Waals surface area contributed by atoms with Crippen LogP contribution in [-0.2, 0) is 6.42 Å². The van der Waals surface area contributed by atoms with Crippen LogP contribution in [0.5, 0.6) is 0 Å². The van der Waals surface area contributed by atoms with Crippen molar-refractivity contribution in [1.29, 1.82) is 0 Å². The molecule has 1 saturated heterocycles. The van der Waals surface area contributed by atoms with Gasteiger partial charge in [0.1, 0.15) is 0 Å². The van der Waals surface area contributed by atoms with Crippen LogP contribution in [0.25, 0.3) is 0 Å². The zero-order valence-corrected chi connectivity index (χ0v) is 14.9. The van der Waals surface area contributed by atoms with Crippen LogP contribution in [0, 0.1) is 5.92 Å². The summed E-state index contributed by atoms with van der Waals surface area (Å²) in [5.74, 6) is 0.233. The monoisotopic (exact) mass is 337 g/mol. The number of likely N-dealkylation sites (tertiary alicyclic amines) is 1. The molecule has 2 amide bonds. The van der Waals surface area contributed by atoms with E-state index in [1.807, 2.05) is 17.2 Å². The Hall–Kier alpha value is -1.14. The van der Waals surface area contributed by atoms with Crippen LogP contribution in [0.4, 0.5) is 4.79 Å². The number of hydrogen-bond donors (Lipinski definition) is 2. The second kappa shape index (κ2) is 6.77. The molecule has 5 nitrogen and oxygen atoms in total. The molecule has 2 aliphatic rings. The summed E-state index contributed by atoms with van der Waals surface area (Å²) in [6.45, 7) is 5.38. The van der Waals surface area contributed by atoms with E-state index in [1.54, 1.807) is 11.3 Å². The van der Waals surface area contributed by atoms with Crippen LogP contribution in [0.2, 0.25) is 0 Å². The predicted molar refractivity (Wildman–Crippen MR) is 91.5 cm³/mol. The van der Waals surface area contributed by atoms with E-state index in [2.05, 4.69) is 17.2 Å². The van der Waals surface area contributed by atoms with Gasteiger partial charge in [0.05, 0.1) is 22.3 Å². The maximum atomic E-state index is 12.5. The molecule has 3 atom stereocenters. The molecule has 23 heavy (non-hydrogen) atoms. The first kappa shape index (κ1) is 16.7. The van der Waals surface area contributed by atoms with Crippen LogP contribution in [0.15, 0.2) is 5.38 Å². The number of nitrogens with zero attached hydrogens (tertiary/aromatic N) is 2. The van der Waals surface area contributed by atoms with Gasteiger partial charge < -0.3 is 15.3 Å². The number of fused-ring (bicyclic) bond motifs is 1. The zero-order chi connectivity index (χ0) is 16.4. The van der Waals surface area contributed by atoms with Gasteiger partial charge in [0.25, 0.3) is 0 Å². The maximum absolute atomic E-state index is 12.5. The summed E-state index contributed by atoms with van der Waals surface area (Å²) < 4.78 is 0. The minimum atomic E-state index is -0.536. The highest BCUT2D eigenvalue weighted by atomic mass is 32.1. The van der Waals surface area contributed by atoms with E-state index in [0.29, 0.717) is 19.5 Å². The highest BCUT2D eigenvalue weighted by molar-refractivity contribution is 7.09. The molecule has 128 valence electrons. The minimum absolute atomic E-state index is 0.0313. The van der Waals surface area contributed by atoms with E-state index in [4.69, 9.17) is 0 Å². The molecule has 1 aliphatic carbocycles. The first-order valence-corrected chi connectivity index (χ1v) is 9.62. The number of hydrogen-bond acceptors (Lipinski definition) is 4. The van der Waals surface area contributed by atoms with Crippen LogP contribution in [-0.4, -0.2) is 39.7 Å². The van der Waals surface area contributed by atoms with Gasteiger partial charge >= 0.3 is 6.03 Å². The fourth-order valence-corrected chi connectivity index (χ4v) is 4.63. The second-order valence-electron chi connectivity index (χ2n) is 6.93. The molecule has 1 saturated carbocycles. The third-order valence-corrected chi connectivity index (χ3v) is 6.38. The molecule has 6 heteroatoms. The Morgan fingerprint density at radius 2 is 2.39 bits per heavy atom. The van der Waals surface area contributed by atoms with Crippen LogP contribution in [0.1, 0.15) is 62.7 Å². The molecule has 0 spiro atoms. The van der Waals surface area contributed by atoms with E-state index in [-0.39, 0.29) is 18.0 Å². The summed E-state index contributed by atoms with van der Waals surface area (Å²) in [5.41, 5.74) is 0.400. The van der Waals surface area contributed by atoms with Gasteiger partial charge in [-0.15, -0.1) is 11.3 Å². The van der Waals surface area contributed by atoms with Gasteiger partial charge in [0.2, 0.25) is 0 Å². The van der Waals surface area contributed by atoms with Gasteiger partial charge in [-0.3, -0.25) is 0 Å². The summed E-state index contributed by atoms with van der Waals surface area (Å²) in [6, 6.07) is -0.109. The lowest BCUT2D eigenvalue weighted by molar-refractivity contribution is -0.0871. The third kappa shape index (κ3) is 3.53. The average Bonchev–Trinajstić information content (AvgIpc) is 3.03. The Kier molecular flexibility index (Phi) is 4.92. The van der Waals surface area contributed by atoms with Gasteiger partial charge in [-0.05, 0) is 32.6 Å². The quantitative estimate of drug-likeness (QED) is 0.891. The number of rotatable bonds is 3. The molecule has 0 bridgehead atoms. The van der Waals surface area contributed by atoms with Gasteiger partial charge in [-0.25, -0.2) is 9.78 Å². The van der Waals surface area contributed by atoms with Crippen molar-refractivity contribution >= 4 is 17.4 Å². The van der Waals surface area contributed by atoms with E-state index in [9.17, 15) is 9.90 Å². The van der Waals surface area contributed by atoms with Gasteiger partial charge in [0, 0.05) is 24.4 Å². The van der Waals surface area contributed by atoms with Crippen molar-refractivity contribution in [2.24, 2.45) is 5.92 Å². The fourth-order valence-electron chi connectivity index (χ4n) is 3.79. The third-order valence-electron chi connectivity index (χ3n) is 5.37. The van der Waals surface area contributed by atoms with Gasteiger partial charge in [-0.1, -0.05) is 19.8 Å². The number of aliphatic hydroxyl groups is 1. The number of aryl methyl sites for hydroxylation is 1. The molecule has 0 radical (unpaired) electrons. The van der Waals surface area contributed by atoms with Crippen molar-refractivity contribution in [3.05, 3.63) is 16.1 Å². The summed E-state index contributed by atoms with van der Waals surface area (Å²) in [5, 5.41) is 16.9. The van der Waals surface area contributed by atoms with Gasteiger partial charge in [-0.2, -0.15) is 0 Å². The number of piperidine rings is 1. The van der Waals surface area contributed by atoms with Crippen molar-refractivity contribution in [3.63, 3.8) is 0 Å². The minimum Gasteiger partial charge on any atom is -0.389 e. The lowest BCUT2D eigenvalue weighted by atomic mass is 9.71. The number of amides is 2. The highest BCUT2D eigenvalue weighted by Gasteiger charge is 2.43. The number of aromatic nitrogens is 1. The van der Waals surface area contributed by atoms with E-state index in [1.165, 1.54) is 0 Å². The summed E-state index contributed by atoms with van der Waals surface area (Å²) in [4.78, 5) is 19.0. The Morgan fingerprint density at radius 1 is 1.57 bits per heavy atom. The fraction of sp³-hybridized carbons (Fsp3) is 0.765. The highest BCUT2D eigenvalue weighted by Crippen LogP contribution is 2.39. The first-order chi connectivity index (χ1) is 11.0. The first-order valence-electron chi connectivity index (χ1n) is 8.74. The molecule has 1 aliphatic heterocycles. The molecule has 2 fully saturated rings. The molecule has 1 aromatic rings. The molecular weight excluding hydrogens is 310 g/mol. The molecule has 2 N–H and O–H groups in total. The lowest BCUT2D eigenvalue weighted by Gasteiger charge is -2.47. The molecular formula is C17H27N3O2S. The molecule has 0 aromatic carbocycles. The lowest BCUT2D eigenvalue weighted by Crippen LogP contribution is -2.56. The van der Waals surface area contributed by atoms with E-state index in [0.717, 1.165) is 42.8 Å².